The standard InChI is InChI=1S/C12H8Cl2O2S/c1-16-9-5-6-17-12(9)11(15)7-3-2-4-8(13)10(7)14/h2-6H,1H3. The fraction of sp³-hybridized carbons (Fsp3) is 0.0833. The molecule has 0 spiro atoms. The Morgan fingerprint density at radius 3 is 2.76 bits per heavy atom. The van der Waals surface area contributed by atoms with Crippen molar-refractivity contribution in [1.82, 2.24) is 0 Å². The topological polar surface area (TPSA) is 26.3 Å². The fourth-order valence-corrected chi connectivity index (χ4v) is 2.62. The fourth-order valence-electron chi connectivity index (χ4n) is 1.43. The molecule has 2 nitrogen and oxygen atoms in total. The lowest BCUT2D eigenvalue weighted by Gasteiger charge is -2.05. The molecule has 2 rings (SSSR count). The molecule has 1 aromatic heterocycles. The van der Waals surface area contributed by atoms with Gasteiger partial charge in [0.05, 0.1) is 17.2 Å². The van der Waals surface area contributed by atoms with E-state index in [0.29, 0.717) is 21.2 Å². The van der Waals surface area contributed by atoms with Gasteiger partial charge in [0, 0.05) is 5.56 Å². The zero-order valence-electron chi connectivity index (χ0n) is 8.87. The van der Waals surface area contributed by atoms with Gasteiger partial charge in [0.25, 0.3) is 0 Å². The number of carbonyl (C=O) groups is 1. The second-order valence-electron chi connectivity index (χ2n) is 3.25. The first-order valence-electron chi connectivity index (χ1n) is 4.75. The molecule has 0 amide bonds. The number of thiophene rings is 1. The Bertz CT molecular complexity index is 563. The Kier molecular flexibility index (Phi) is 3.72. The van der Waals surface area contributed by atoms with Gasteiger partial charge < -0.3 is 4.74 Å². The maximum atomic E-state index is 12.2. The summed E-state index contributed by atoms with van der Waals surface area (Å²) in [6.45, 7) is 0. The minimum absolute atomic E-state index is 0.177. The van der Waals surface area contributed by atoms with Crippen molar-refractivity contribution in [3.63, 3.8) is 0 Å². The summed E-state index contributed by atoms with van der Waals surface area (Å²) >= 11 is 13.2. The van der Waals surface area contributed by atoms with Crippen LogP contribution >= 0.6 is 34.5 Å². The second kappa shape index (κ2) is 5.08. The molecule has 2 aromatic rings. The number of carbonyl (C=O) groups excluding carboxylic acids is 1. The van der Waals surface area contributed by atoms with Crippen molar-refractivity contribution < 1.29 is 9.53 Å². The molecule has 0 radical (unpaired) electrons. The van der Waals surface area contributed by atoms with Gasteiger partial charge in [0.2, 0.25) is 5.78 Å². The summed E-state index contributed by atoms with van der Waals surface area (Å²) in [6.07, 6.45) is 0. The summed E-state index contributed by atoms with van der Waals surface area (Å²) in [5, 5.41) is 2.44. The normalized spacial score (nSPS) is 10.3. The molecule has 0 saturated carbocycles. The van der Waals surface area contributed by atoms with Gasteiger partial charge in [0.1, 0.15) is 10.6 Å². The first kappa shape index (κ1) is 12.4. The van der Waals surface area contributed by atoms with Gasteiger partial charge in [-0.25, -0.2) is 0 Å². The SMILES string of the molecule is COc1ccsc1C(=O)c1cccc(Cl)c1Cl. The average Bonchev–Trinajstić information content (AvgIpc) is 2.80. The van der Waals surface area contributed by atoms with Crippen molar-refractivity contribution >= 4 is 40.3 Å². The summed E-state index contributed by atoms with van der Waals surface area (Å²) in [5.41, 5.74) is 0.389. The van der Waals surface area contributed by atoms with E-state index < -0.39 is 0 Å². The third-order valence-electron chi connectivity index (χ3n) is 2.25. The van der Waals surface area contributed by atoms with Crippen LogP contribution < -0.4 is 4.74 Å². The molecule has 0 atom stereocenters. The Morgan fingerprint density at radius 2 is 2.06 bits per heavy atom. The molecule has 17 heavy (non-hydrogen) atoms. The molecule has 0 saturated heterocycles. The van der Waals surface area contributed by atoms with Gasteiger partial charge in [-0.15, -0.1) is 11.3 Å². The van der Waals surface area contributed by atoms with E-state index in [4.69, 9.17) is 27.9 Å². The van der Waals surface area contributed by atoms with Crippen LogP contribution in [-0.2, 0) is 0 Å². The number of benzene rings is 1. The molecular weight excluding hydrogens is 279 g/mol. The van der Waals surface area contributed by atoms with Crippen molar-refractivity contribution in [1.29, 1.82) is 0 Å². The van der Waals surface area contributed by atoms with Crippen LogP contribution in [0.4, 0.5) is 0 Å². The van der Waals surface area contributed by atoms with Crippen molar-refractivity contribution in [3.05, 3.63) is 50.1 Å². The quantitative estimate of drug-likeness (QED) is 0.787. The van der Waals surface area contributed by atoms with Gasteiger partial charge in [0.15, 0.2) is 0 Å². The predicted molar refractivity (Wildman–Crippen MR) is 70.8 cm³/mol. The van der Waals surface area contributed by atoms with Gasteiger partial charge >= 0.3 is 0 Å². The van der Waals surface area contributed by atoms with E-state index in [9.17, 15) is 4.79 Å². The van der Waals surface area contributed by atoms with Crippen molar-refractivity contribution in [2.75, 3.05) is 7.11 Å². The van der Waals surface area contributed by atoms with Gasteiger partial charge in [-0.2, -0.15) is 0 Å². The van der Waals surface area contributed by atoms with Crippen molar-refractivity contribution in [2.24, 2.45) is 0 Å². The van der Waals surface area contributed by atoms with Crippen LogP contribution in [0.15, 0.2) is 29.6 Å². The first-order valence-corrected chi connectivity index (χ1v) is 6.39. The van der Waals surface area contributed by atoms with E-state index in [1.165, 1.54) is 18.4 Å². The highest BCUT2D eigenvalue weighted by Crippen LogP contribution is 2.32. The number of ether oxygens (including phenoxy) is 1. The highest BCUT2D eigenvalue weighted by molar-refractivity contribution is 7.12. The summed E-state index contributed by atoms with van der Waals surface area (Å²) in [5.74, 6) is 0.375. The molecule has 0 aliphatic rings. The van der Waals surface area contributed by atoms with Gasteiger partial charge in [-0.1, -0.05) is 29.3 Å². The first-order chi connectivity index (χ1) is 8.15. The number of rotatable bonds is 3. The molecule has 0 aliphatic carbocycles. The van der Waals surface area contributed by atoms with E-state index in [1.54, 1.807) is 29.6 Å². The van der Waals surface area contributed by atoms with E-state index in [1.807, 2.05) is 0 Å². The van der Waals surface area contributed by atoms with Crippen LogP contribution in [-0.4, -0.2) is 12.9 Å². The molecule has 1 aromatic carbocycles. The minimum Gasteiger partial charge on any atom is -0.495 e. The van der Waals surface area contributed by atoms with Gasteiger partial charge in [-0.05, 0) is 23.6 Å². The Balaban J connectivity index is 2.48. The maximum Gasteiger partial charge on any atom is 0.208 e. The molecule has 0 N–H and O–H groups in total. The number of halogens is 2. The molecule has 1 heterocycles. The van der Waals surface area contributed by atoms with Crippen LogP contribution in [0.2, 0.25) is 10.0 Å². The molecule has 5 heteroatoms. The Labute approximate surface area is 113 Å². The van der Waals surface area contributed by atoms with E-state index in [-0.39, 0.29) is 10.8 Å². The van der Waals surface area contributed by atoms with Crippen LogP contribution in [0, 0.1) is 0 Å². The third kappa shape index (κ3) is 2.32. The maximum absolute atomic E-state index is 12.2. The smallest absolute Gasteiger partial charge is 0.208 e. The van der Waals surface area contributed by atoms with Crippen molar-refractivity contribution in [2.45, 2.75) is 0 Å². The summed E-state index contributed by atoms with van der Waals surface area (Å²) in [4.78, 5) is 12.8. The number of methoxy groups -OCH3 is 1. The Morgan fingerprint density at radius 1 is 1.29 bits per heavy atom. The van der Waals surface area contributed by atoms with E-state index >= 15 is 0 Å². The Hall–Kier alpha value is -1.03. The lowest BCUT2D eigenvalue weighted by molar-refractivity contribution is 0.104. The highest BCUT2D eigenvalue weighted by atomic mass is 35.5. The van der Waals surface area contributed by atoms with Gasteiger partial charge in [-0.3, -0.25) is 4.79 Å². The van der Waals surface area contributed by atoms with E-state index in [2.05, 4.69) is 0 Å². The van der Waals surface area contributed by atoms with E-state index in [0.717, 1.165) is 0 Å². The molecule has 0 aliphatic heterocycles. The number of hydrogen-bond donors (Lipinski definition) is 0. The van der Waals surface area contributed by atoms with Crippen LogP contribution in [0.1, 0.15) is 15.2 Å². The third-order valence-corrected chi connectivity index (χ3v) is 3.96. The van der Waals surface area contributed by atoms with Crippen molar-refractivity contribution in [3.8, 4) is 5.75 Å². The van der Waals surface area contributed by atoms with Crippen LogP contribution in [0.3, 0.4) is 0 Å². The average molecular weight is 287 g/mol. The number of ketones is 1. The number of hydrogen-bond acceptors (Lipinski definition) is 3. The summed E-state index contributed by atoms with van der Waals surface area (Å²) < 4.78 is 5.11. The largest absolute Gasteiger partial charge is 0.495 e. The van der Waals surface area contributed by atoms with Crippen LogP contribution in [0.5, 0.6) is 5.75 Å². The lowest BCUT2D eigenvalue weighted by atomic mass is 10.1. The highest BCUT2D eigenvalue weighted by Gasteiger charge is 2.19. The monoisotopic (exact) mass is 286 g/mol. The molecule has 0 bridgehead atoms. The summed E-state index contributed by atoms with van der Waals surface area (Å²) in [7, 11) is 1.53. The molecule has 0 fully saturated rings. The van der Waals surface area contributed by atoms with Crippen LogP contribution in [0.25, 0.3) is 0 Å². The molecular formula is C12H8Cl2O2S. The zero-order chi connectivity index (χ0) is 12.4. The zero-order valence-corrected chi connectivity index (χ0v) is 11.2. The minimum atomic E-state index is -0.177. The second-order valence-corrected chi connectivity index (χ2v) is 4.95. The molecule has 88 valence electrons. The summed E-state index contributed by atoms with van der Waals surface area (Å²) in [6, 6.07) is 6.74. The molecule has 0 unspecified atom stereocenters. The predicted octanol–water partition coefficient (Wildman–Crippen LogP) is 4.29. The lowest BCUT2D eigenvalue weighted by Crippen LogP contribution is -2.01.